The van der Waals surface area contributed by atoms with Crippen LogP contribution < -0.4 is 5.73 Å². The summed E-state index contributed by atoms with van der Waals surface area (Å²) in [5.41, 5.74) is 6.52. The van der Waals surface area contributed by atoms with Gasteiger partial charge in [0.1, 0.15) is 5.01 Å². The van der Waals surface area contributed by atoms with Crippen LogP contribution in [-0.4, -0.2) is 24.9 Å². The van der Waals surface area contributed by atoms with Gasteiger partial charge in [-0.25, -0.2) is 4.57 Å². The molecule has 0 aliphatic heterocycles. The van der Waals surface area contributed by atoms with Crippen LogP contribution in [0.1, 0.15) is 0 Å². The Hall–Kier alpha value is -1.31. The van der Waals surface area contributed by atoms with Gasteiger partial charge in [-0.2, -0.15) is 0 Å². The average molecular weight is 275 g/mol. The summed E-state index contributed by atoms with van der Waals surface area (Å²) < 4.78 is 8.88. The Kier molecular flexibility index (Phi) is 4.73. The minimum absolute atomic E-state index is 0.508. The van der Waals surface area contributed by atoms with Gasteiger partial charge in [-0.1, -0.05) is 41.7 Å². The van der Waals surface area contributed by atoms with Crippen molar-refractivity contribution in [2.45, 2.75) is 0 Å². The molecule has 0 radical (unpaired) electrons. The monoisotopic (exact) mass is 275 g/mol. The molecule has 1 aromatic carbocycles. The predicted octanol–water partition coefficient (Wildman–Crippen LogP) is 0.859. The van der Waals surface area contributed by atoms with Crippen molar-refractivity contribution in [2.24, 2.45) is 0 Å². The lowest BCUT2D eigenvalue weighted by Gasteiger charge is -1.90. The first-order valence-corrected chi connectivity index (χ1v) is 6.67. The molecule has 2 rings (SSSR count). The summed E-state index contributed by atoms with van der Waals surface area (Å²) >= 11 is 1.40. The fraction of sp³-hybridized carbons (Fsp3) is 0. The third-order valence-corrected chi connectivity index (χ3v) is 2.26. The van der Waals surface area contributed by atoms with Gasteiger partial charge in [-0.3, -0.25) is 0 Å². The van der Waals surface area contributed by atoms with Crippen LogP contribution in [0.4, 0.5) is 5.13 Å². The maximum atomic E-state index is 8.88. The van der Waals surface area contributed by atoms with E-state index in [0.717, 1.165) is 10.6 Å². The summed E-state index contributed by atoms with van der Waals surface area (Å²) in [5.74, 6) is 0. The summed E-state index contributed by atoms with van der Waals surface area (Å²) in [6.45, 7) is 0. The van der Waals surface area contributed by atoms with E-state index >= 15 is 0 Å². The van der Waals surface area contributed by atoms with E-state index in [1.54, 1.807) is 0 Å². The zero-order chi connectivity index (χ0) is 12.9. The van der Waals surface area contributed by atoms with Gasteiger partial charge in [-0.05, 0) is 0 Å². The van der Waals surface area contributed by atoms with Crippen molar-refractivity contribution < 1.29 is 19.2 Å². The molecule has 5 N–H and O–H groups in total. The van der Waals surface area contributed by atoms with E-state index in [4.69, 9.17) is 25.0 Å². The van der Waals surface area contributed by atoms with Gasteiger partial charge in [0.25, 0.3) is 0 Å². The zero-order valence-electron chi connectivity index (χ0n) is 8.46. The lowest BCUT2D eigenvalue weighted by atomic mass is 10.2. The highest BCUT2D eigenvalue weighted by molar-refractivity contribution is 7.45. The molecule has 0 aliphatic carbocycles. The summed E-state index contributed by atoms with van der Waals surface area (Å²) in [6, 6.07) is 9.87. The Balaban J connectivity index is 0.000000249. The highest BCUT2D eigenvalue weighted by Gasteiger charge is 2.01. The van der Waals surface area contributed by atoms with Gasteiger partial charge in [-0.15, -0.1) is 10.2 Å². The summed E-state index contributed by atoms with van der Waals surface area (Å²) in [6.07, 6.45) is 0. The van der Waals surface area contributed by atoms with E-state index in [1.807, 2.05) is 30.3 Å². The first-order chi connectivity index (χ1) is 7.86. The number of aromatic nitrogens is 2. The molecule has 0 spiro atoms. The average Bonchev–Trinajstić information content (AvgIpc) is 2.64. The van der Waals surface area contributed by atoms with E-state index in [-0.39, 0.29) is 0 Å². The Bertz CT molecular complexity index is 504. The molecular weight excluding hydrogens is 265 g/mol. The van der Waals surface area contributed by atoms with Crippen molar-refractivity contribution in [3.8, 4) is 10.6 Å². The minimum Gasteiger partial charge on any atom is -0.374 e. The van der Waals surface area contributed by atoms with Crippen molar-refractivity contribution in [1.82, 2.24) is 10.2 Å². The van der Waals surface area contributed by atoms with Crippen LogP contribution in [-0.2, 0) is 4.57 Å². The highest BCUT2D eigenvalue weighted by atomic mass is 32.1. The summed E-state index contributed by atoms with van der Waals surface area (Å²) in [7, 11) is -4.64. The third kappa shape index (κ3) is 6.10. The lowest BCUT2D eigenvalue weighted by Crippen LogP contribution is -1.80. The zero-order valence-corrected chi connectivity index (χ0v) is 10.2. The molecule has 1 aromatic heterocycles. The molecule has 2 aromatic rings. The number of phosphoric acid groups is 1. The fourth-order valence-electron chi connectivity index (χ4n) is 0.932. The Morgan fingerprint density at radius 1 is 1.12 bits per heavy atom. The third-order valence-electron chi connectivity index (χ3n) is 1.46. The molecule has 0 amide bonds. The smallest absolute Gasteiger partial charge is 0.374 e. The second kappa shape index (κ2) is 5.85. The van der Waals surface area contributed by atoms with E-state index in [9.17, 15) is 0 Å². The molecule has 9 heteroatoms. The molecule has 0 saturated heterocycles. The Morgan fingerprint density at radius 2 is 1.65 bits per heavy atom. The predicted molar refractivity (Wildman–Crippen MR) is 64.0 cm³/mol. The number of benzene rings is 1. The van der Waals surface area contributed by atoms with E-state index in [0.29, 0.717) is 5.13 Å². The first kappa shape index (κ1) is 13.8. The Labute approximate surface area is 101 Å². The van der Waals surface area contributed by atoms with Crippen LogP contribution in [0.25, 0.3) is 10.6 Å². The van der Waals surface area contributed by atoms with Crippen molar-refractivity contribution in [2.75, 3.05) is 5.73 Å². The van der Waals surface area contributed by atoms with E-state index < -0.39 is 7.82 Å². The van der Waals surface area contributed by atoms with E-state index in [1.165, 1.54) is 11.3 Å². The number of hydrogen-bond donors (Lipinski definition) is 4. The van der Waals surface area contributed by atoms with Crippen LogP contribution in [0.5, 0.6) is 0 Å². The van der Waals surface area contributed by atoms with Gasteiger partial charge in [0.2, 0.25) is 5.13 Å². The second-order valence-electron chi connectivity index (χ2n) is 2.82. The molecule has 7 nitrogen and oxygen atoms in total. The molecule has 1 heterocycles. The number of anilines is 1. The van der Waals surface area contributed by atoms with Crippen molar-refractivity contribution in [3.05, 3.63) is 30.3 Å². The van der Waals surface area contributed by atoms with Crippen LogP contribution >= 0.6 is 19.2 Å². The van der Waals surface area contributed by atoms with Gasteiger partial charge >= 0.3 is 7.82 Å². The molecule has 0 aliphatic rings. The molecule has 0 fully saturated rings. The number of nitrogens with zero attached hydrogens (tertiary/aromatic N) is 2. The summed E-state index contributed by atoms with van der Waals surface area (Å²) in [4.78, 5) is 21.6. The van der Waals surface area contributed by atoms with Gasteiger partial charge in [0, 0.05) is 5.56 Å². The van der Waals surface area contributed by atoms with Gasteiger partial charge < -0.3 is 20.4 Å². The van der Waals surface area contributed by atoms with Crippen molar-refractivity contribution >= 4 is 24.3 Å². The number of hydrogen-bond acceptors (Lipinski definition) is 5. The van der Waals surface area contributed by atoms with Crippen molar-refractivity contribution in [1.29, 1.82) is 0 Å². The Morgan fingerprint density at radius 3 is 2.06 bits per heavy atom. The minimum atomic E-state index is -4.64. The van der Waals surface area contributed by atoms with Crippen molar-refractivity contribution in [3.63, 3.8) is 0 Å². The molecule has 0 unspecified atom stereocenters. The summed E-state index contributed by atoms with van der Waals surface area (Å²) in [5, 5.41) is 9.05. The van der Waals surface area contributed by atoms with Crippen LogP contribution in [0.3, 0.4) is 0 Å². The van der Waals surface area contributed by atoms with E-state index in [2.05, 4.69) is 10.2 Å². The van der Waals surface area contributed by atoms with Gasteiger partial charge in [0.05, 0.1) is 0 Å². The SMILES string of the molecule is Nc1nnc(-c2ccccc2)s1.O=P(O)(O)O. The number of nitrogens with two attached hydrogens (primary N) is 1. The maximum absolute atomic E-state index is 8.88. The number of nitrogen functional groups attached to an aromatic ring is 1. The molecule has 0 atom stereocenters. The fourth-order valence-corrected chi connectivity index (χ4v) is 1.55. The first-order valence-electron chi connectivity index (χ1n) is 4.29. The lowest BCUT2D eigenvalue weighted by molar-refractivity contribution is 0.275. The standard InChI is InChI=1S/C8H7N3S.H3O4P/c9-8-11-10-7(12-8)6-4-2-1-3-5-6;1-5(2,3)4/h1-5H,(H2,9,11);(H3,1,2,3,4). The van der Waals surface area contributed by atoms with Crippen LogP contribution in [0.15, 0.2) is 30.3 Å². The van der Waals surface area contributed by atoms with Crippen LogP contribution in [0.2, 0.25) is 0 Å². The topological polar surface area (TPSA) is 130 Å². The highest BCUT2D eigenvalue weighted by Crippen LogP contribution is 2.25. The maximum Gasteiger partial charge on any atom is 0.466 e. The molecule has 17 heavy (non-hydrogen) atoms. The normalized spacial score (nSPS) is 10.5. The molecule has 0 bridgehead atoms. The van der Waals surface area contributed by atoms with Gasteiger partial charge in [0.15, 0.2) is 0 Å². The molecule has 92 valence electrons. The molecular formula is C8H10N3O4PS. The van der Waals surface area contributed by atoms with Crippen LogP contribution in [0, 0.1) is 0 Å². The number of rotatable bonds is 1. The molecule has 0 saturated carbocycles. The quantitative estimate of drug-likeness (QED) is 0.568. The largest absolute Gasteiger partial charge is 0.466 e. The second-order valence-corrected chi connectivity index (χ2v) is 4.86.